The molecule has 0 spiro atoms. The van der Waals surface area contributed by atoms with Crippen molar-refractivity contribution >= 4 is 0 Å². The first-order valence-corrected chi connectivity index (χ1v) is 23.9. The summed E-state index contributed by atoms with van der Waals surface area (Å²) in [6.45, 7) is 7.28. The SMILES string of the molecule is C[C@H](CC[C@@]1(O)O[C@H]2C[C@H]3[C@@H]4CC[C@@H]5C[C@@H](O[C@H]6O[C@@H](CO)[C@H](O)[C@H](O)[C@@H]6O[C@@H]6O[C@@H](CO)[C@H](O)[C@H](O)[C@H]6O)CC[C@]5(C)[C@H]4CC[C@]3(C)[C@H]2[C@H]1C)CO[C@@H]1O[C@H](CO)[C@H](O)[C@H](O)[C@H]1O. The summed E-state index contributed by atoms with van der Waals surface area (Å²) in [7, 11) is 0. The van der Waals surface area contributed by atoms with Gasteiger partial charge in [-0.2, -0.15) is 0 Å². The number of ether oxygens (including phenoxy) is 7. The van der Waals surface area contributed by atoms with Gasteiger partial charge in [0.2, 0.25) is 0 Å². The first kappa shape index (κ1) is 49.7. The van der Waals surface area contributed by atoms with Crippen molar-refractivity contribution in [2.75, 3.05) is 26.4 Å². The van der Waals surface area contributed by atoms with E-state index < -0.39 is 118 Å². The molecule has 0 aromatic heterocycles. The lowest BCUT2D eigenvalue weighted by Crippen LogP contribution is -2.65. The van der Waals surface area contributed by atoms with Gasteiger partial charge in [-0.15, -0.1) is 0 Å². The molecule has 4 heterocycles. The monoisotopic (exact) mass is 920 g/mol. The van der Waals surface area contributed by atoms with Gasteiger partial charge in [-0.05, 0) is 104 Å². The second-order valence-electron chi connectivity index (χ2n) is 21.5. The van der Waals surface area contributed by atoms with E-state index in [2.05, 4.69) is 20.8 Å². The smallest absolute Gasteiger partial charge is 0.187 e. The molecular formula is C45H76O19. The molecule has 0 aromatic carbocycles. The molecule has 19 nitrogen and oxygen atoms in total. The maximum Gasteiger partial charge on any atom is 0.187 e. The number of rotatable bonds is 13. The van der Waals surface area contributed by atoms with Crippen LogP contribution in [0.4, 0.5) is 0 Å². The van der Waals surface area contributed by atoms with Gasteiger partial charge in [0.05, 0.1) is 38.6 Å². The normalized spacial score (nSPS) is 55.6. The van der Waals surface area contributed by atoms with Crippen LogP contribution < -0.4 is 0 Å². The molecule has 0 amide bonds. The second kappa shape index (κ2) is 19.2. The van der Waals surface area contributed by atoms with Crippen LogP contribution >= 0.6 is 0 Å². The van der Waals surface area contributed by atoms with E-state index in [4.69, 9.17) is 33.2 Å². The van der Waals surface area contributed by atoms with Gasteiger partial charge in [0.15, 0.2) is 24.7 Å². The topological polar surface area (TPSA) is 307 Å². The van der Waals surface area contributed by atoms with E-state index in [-0.39, 0.29) is 47.4 Å². The Morgan fingerprint density at radius 2 is 1.20 bits per heavy atom. The highest BCUT2D eigenvalue weighted by Gasteiger charge is 2.68. The molecule has 19 heteroatoms. The minimum atomic E-state index is -1.75. The Bertz CT molecular complexity index is 1560. The van der Waals surface area contributed by atoms with Gasteiger partial charge >= 0.3 is 0 Å². The standard InChI is InChI=1S/C45H76O19/c1-19(18-58-40-37(55)34(52)31(49)27(15-46)60-40)7-12-45(57)20(2)30-26(64-45)14-25-23-6-5-21-13-22(8-10-43(21,3)24(23)9-11-44(25,30)4)59-42-39(36(54)33(51)29(17-48)62-42)63-41-38(56)35(53)32(50)28(16-47)61-41/h19-42,46-57H,5-18H2,1-4H3/t19-,20-,21-,22+,23-,24+,25+,26+,27-,28+,29+,30+,31+,32+,33+,34+,35+,36+,37-,38-,39+,40-,41+,42+,43+,44+,45-/m1/s1. The van der Waals surface area contributed by atoms with Crippen molar-refractivity contribution < 1.29 is 94.4 Å². The van der Waals surface area contributed by atoms with Crippen LogP contribution in [0, 0.1) is 52.3 Å². The Hall–Kier alpha value is -0.760. The van der Waals surface area contributed by atoms with Crippen LogP contribution in [-0.2, 0) is 33.2 Å². The highest BCUT2D eigenvalue weighted by molar-refractivity contribution is 5.15. The minimum absolute atomic E-state index is 0.00000712. The van der Waals surface area contributed by atoms with Gasteiger partial charge in [-0.3, -0.25) is 0 Å². The molecule has 8 aliphatic rings. The van der Waals surface area contributed by atoms with Crippen molar-refractivity contribution in [2.24, 2.45) is 52.3 Å². The molecule has 8 rings (SSSR count). The summed E-state index contributed by atoms with van der Waals surface area (Å²) >= 11 is 0. The molecule has 64 heavy (non-hydrogen) atoms. The lowest BCUT2D eigenvalue weighted by Gasteiger charge is -2.61. The van der Waals surface area contributed by atoms with Crippen LogP contribution in [0.1, 0.15) is 91.9 Å². The first-order chi connectivity index (χ1) is 30.3. The van der Waals surface area contributed by atoms with E-state index in [1.54, 1.807) is 0 Å². The average Bonchev–Trinajstić information content (AvgIpc) is 3.71. The summed E-state index contributed by atoms with van der Waals surface area (Å²) in [5, 5.41) is 125. The van der Waals surface area contributed by atoms with E-state index in [9.17, 15) is 61.3 Å². The van der Waals surface area contributed by atoms with Gasteiger partial charge in [0, 0.05) is 12.3 Å². The van der Waals surface area contributed by atoms with Crippen LogP contribution in [0.25, 0.3) is 0 Å². The molecule has 8 fully saturated rings. The molecule has 370 valence electrons. The van der Waals surface area contributed by atoms with E-state index >= 15 is 0 Å². The van der Waals surface area contributed by atoms with Crippen molar-refractivity contribution in [3.05, 3.63) is 0 Å². The molecule has 12 N–H and O–H groups in total. The fraction of sp³-hybridized carbons (Fsp3) is 1.00. The summed E-state index contributed by atoms with van der Waals surface area (Å²) < 4.78 is 42.0. The summed E-state index contributed by atoms with van der Waals surface area (Å²) in [5.41, 5.74) is 0.0475. The van der Waals surface area contributed by atoms with Crippen molar-refractivity contribution in [3.63, 3.8) is 0 Å². The Kier molecular flexibility index (Phi) is 14.9. The Balaban J connectivity index is 0.869. The molecule has 0 radical (unpaired) electrons. The third kappa shape index (κ3) is 8.65. The molecule has 4 aliphatic heterocycles. The largest absolute Gasteiger partial charge is 0.394 e. The zero-order valence-electron chi connectivity index (χ0n) is 37.5. The Labute approximate surface area is 374 Å². The molecule has 4 saturated carbocycles. The Morgan fingerprint density at radius 3 is 1.84 bits per heavy atom. The number of aliphatic hydroxyl groups excluding tert-OH is 11. The van der Waals surface area contributed by atoms with Crippen LogP contribution in [0.5, 0.6) is 0 Å². The molecule has 0 bridgehead atoms. The van der Waals surface area contributed by atoms with Crippen LogP contribution in [0.3, 0.4) is 0 Å². The number of hydrogen-bond donors (Lipinski definition) is 12. The third-order valence-electron chi connectivity index (χ3n) is 18.0. The van der Waals surface area contributed by atoms with Gasteiger partial charge < -0.3 is 94.4 Å². The lowest BCUT2D eigenvalue weighted by molar-refractivity contribution is -0.373. The first-order valence-electron chi connectivity index (χ1n) is 23.9. The van der Waals surface area contributed by atoms with Crippen molar-refractivity contribution in [1.82, 2.24) is 0 Å². The number of aliphatic hydroxyl groups is 12. The van der Waals surface area contributed by atoms with Gasteiger partial charge in [-0.1, -0.05) is 27.7 Å². The fourth-order valence-electron chi connectivity index (χ4n) is 14.2. The van der Waals surface area contributed by atoms with Crippen molar-refractivity contribution in [3.8, 4) is 0 Å². The van der Waals surface area contributed by atoms with E-state index in [1.807, 2.05) is 6.92 Å². The minimum Gasteiger partial charge on any atom is -0.394 e. The molecule has 4 aliphatic carbocycles. The van der Waals surface area contributed by atoms with Gasteiger partial charge in [0.25, 0.3) is 0 Å². The zero-order chi connectivity index (χ0) is 46.2. The van der Waals surface area contributed by atoms with Crippen molar-refractivity contribution in [1.29, 1.82) is 0 Å². The van der Waals surface area contributed by atoms with Crippen molar-refractivity contribution in [2.45, 2.75) is 202 Å². The maximum atomic E-state index is 12.1. The summed E-state index contributed by atoms with van der Waals surface area (Å²) in [4.78, 5) is 0. The average molecular weight is 921 g/mol. The van der Waals surface area contributed by atoms with Crippen LogP contribution in [0.2, 0.25) is 0 Å². The highest BCUT2D eigenvalue weighted by atomic mass is 16.8. The van der Waals surface area contributed by atoms with E-state index in [0.29, 0.717) is 42.9 Å². The predicted molar refractivity (Wildman–Crippen MR) is 219 cm³/mol. The Morgan fingerprint density at radius 1 is 0.625 bits per heavy atom. The molecule has 0 unspecified atom stereocenters. The summed E-state index contributed by atoms with van der Waals surface area (Å²) in [5.74, 6) is 0.532. The van der Waals surface area contributed by atoms with E-state index in [0.717, 1.165) is 44.9 Å². The molecule has 4 saturated heterocycles. The quantitative estimate of drug-likeness (QED) is 0.0909. The van der Waals surface area contributed by atoms with E-state index in [1.165, 1.54) is 0 Å². The molecular weight excluding hydrogens is 844 g/mol. The maximum absolute atomic E-state index is 12.1. The second-order valence-corrected chi connectivity index (χ2v) is 21.5. The fourth-order valence-corrected chi connectivity index (χ4v) is 14.2. The van der Waals surface area contributed by atoms with Gasteiger partial charge in [-0.25, -0.2) is 0 Å². The lowest BCUT2D eigenvalue weighted by atomic mass is 9.44. The zero-order valence-corrected chi connectivity index (χ0v) is 37.5. The van der Waals surface area contributed by atoms with Crippen LogP contribution in [0.15, 0.2) is 0 Å². The van der Waals surface area contributed by atoms with Gasteiger partial charge in [0.1, 0.15) is 73.2 Å². The number of hydrogen-bond acceptors (Lipinski definition) is 19. The molecule has 27 atom stereocenters. The number of fused-ring (bicyclic) bond motifs is 7. The summed E-state index contributed by atoms with van der Waals surface area (Å²) in [6, 6.07) is 0. The highest BCUT2D eigenvalue weighted by Crippen LogP contribution is 2.71. The summed E-state index contributed by atoms with van der Waals surface area (Å²) in [6.07, 6.45) is -13.7. The predicted octanol–water partition coefficient (Wildman–Crippen LogP) is -1.78. The molecule has 0 aromatic rings. The van der Waals surface area contributed by atoms with Crippen LogP contribution in [-0.4, -0.2) is 198 Å². The third-order valence-corrected chi connectivity index (χ3v) is 18.0.